The van der Waals surface area contributed by atoms with Crippen LogP contribution in [0.1, 0.15) is 81.1 Å². The van der Waals surface area contributed by atoms with Gasteiger partial charge in [0.05, 0.1) is 0 Å². The van der Waals surface area contributed by atoms with Crippen LogP contribution in [0.5, 0.6) is 0 Å². The first kappa shape index (κ1) is 13.8. The fraction of sp³-hybridized carbons (Fsp3) is 0.667. The standard InChI is InChI=1S/C21H27F3O/c22-19-12-18(13-20(23)21(19)24)17-9-7-16(8-10-17)15-5-3-14(4-6-15)2-1-11-25/h11-17H,1-10H2/i3D2,5D,14D. The van der Waals surface area contributed by atoms with Gasteiger partial charge in [0.1, 0.15) is 6.29 Å². The Morgan fingerprint density at radius 2 is 1.68 bits per heavy atom. The van der Waals surface area contributed by atoms with E-state index in [4.69, 9.17) is 5.48 Å². The van der Waals surface area contributed by atoms with Crippen molar-refractivity contribution in [3.63, 3.8) is 0 Å². The van der Waals surface area contributed by atoms with Gasteiger partial charge in [0.25, 0.3) is 0 Å². The summed E-state index contributed by atoms with van der Waals surface area (Å²) in [5.41, 5.74) is 0.445. The maximum Gasteiger partial charge on any atom is 0.194 e. The molecule has 0 bridgehead atoms. The molecular formula is C21H27F3O. The van der Waals surface area contributed by atoms with Crippen LogP contribution in [-0.4, -0.2) is 6.29 Å². The zero-order chi connectivity index (χ0) is 21.4. The third-order valence-corrected chi connectivity index (χ3v) is 5.70. The molecule has 3 atom stereocenters. The molecule has 3 rings (SSSR count). The number of hydrogen-bond acceptors (Lipinski definition) is 1. The summed E-state index contributed by atoms with van der Waals surface area (Å²) in [5.74, 6) is -5.39. The van der Waals surface area contributed by atoms with Gasteiger partial charge in [0.2, 0.25) is 0 Å². The molecule has 0 saturated heterocycles. The Labute approximate surface area is 153 Å². The van der Waals surface area contributed by atoms with Gasteiger partial charge in [-0.2, -0.15) is 0 Å². The van der Waals surface area contributed by atoms with E-state index in [1.807, 2.05) is 0 Å². The van der Waals surface area contributed by atoms with Gasteiger partial charge >= 0.3 is 0 Å². The lowest BCUT2D eigenvalue weighted by atomic mass is 9.68. The van der Waals surface area contributed by atoms with E-state index in [2.05, 4.69) is 0 Å². The van der Waals surface area contributed by atoms with E-state index < -0.39 is 36.1 Å². The summed E-state index contributed by atoms with van der Waals surface area (Å²) in [5, 5.41) is 0. The molecule has 2 fully saturated rings. The van der Waals surface area contributed by atoms with Gasteiger partial charge in [-0.25, -0.2) is 13.2 Å². The molecule has 2 aliphatic carbocycles. The maximum atomic E-state index is 13.5. The molecule has 25 heavy (non-hydrogen) atoms. The second kappa shape index (κ2) is 8.37. The molecule has 0 amide bonds. The van der Waals surface area contributed by atoms with E-state index in [0.29, 0.717) is 50.4 Å². The van der Waals surface area contributed by atoms with E-state index in [0.717, 1.165) is 12.1 Å². The average Bonchev–Trinajstić information content (AvgIpc) is 2.69. The van der Waals surface area contributed by atoms with Crippen molar-refractivity contribution in [2.45, 2.75) is 70.1 Å². The van der Waals surface area contributed by atoms with Crippen molar-refractivity contribution in [3.05, 3.63) is 35.1 Å². The van der Waals surface area contributed by atoms with Crippen molar-refractivity contribution in [1.82, 2.24) is 0 Å². The second-order valence-electron chi connectivity index (χ2n) is 7.23. The first-order chi connectivity index (χ1) is 13.6. The lowest BCUT2D eigenvalue weighted by Gasteiger charge is -2.38. The maximum absolute atomic E-state index is 13.5. The minimum atomic E-state index is -2.00. The quantitative estimate of drug-likeness (QED) is 0.456. The number of rotatable bonds is 5. The SMILES string of the molecule is [2H]C1C(C2CCC(c3cc(F)c(F)c(F)c3)CC2)CCC([2H])(CCC=O)C1([2H])[2H]. The highest BCUT2D eigenvalue weighted by Gasteiger charge is 2.31. The fourth-order valence-electron chi connectivity index (χ4n) is 4.21. The summed E-state index contributed by atoms with van der Waals surface area (Å²) >= 11 is 0. The molecule has 2 saturated carbocycles. The lowest BCUT2D eigenvalue weighted by molar-refractivity contribution is -0.108. The third kappa shape index (κ3) is 4.45. The monoisotopic (exact) mass is 356 g/mol. The normalized spacial score (nSPS) is 40.4. The van der Waals surface area contributed by atoms with Crippen LogP contribution in [0.15, 0.2) is 12.1 Å². The highest BCUT2D eigenvalue weighted by molar-refractivity contribution is 5.49. The summed E-state index contributed by atoms with van der Waals surface area (Å²) < 4.78 is 74.1. The van der Waals surface area contributed by atoms with Gasteiger partial charge in [0, 0.05) is 11.9 Å². The van der Waals surface area contributed by atoms with Crippen LogP contribution < -0.4 is 0 Å². The molecule has 0 heterocycles. The minimum Gasteiger partial charge on any atom is -0.303 e. The number of carbonyl (C=O) groups is 1. The Hall–Kier alpha value is -1.32. The highest BCUT2D eigenvalue weighted by atomic mass is 19.2. The van der Waals surface area contributed by atoms with Crippen molar-refractivity contribution in [3.8, 4) is 0 Å². The Morgan fingerprint density at radius 1 is 1.04 bits per heavy atom. The van der Waals surface area contributed by atoms with E-state index in [9.17, 15) is 18.0 Å². The highest BCUT2D eigenvalue weighted by Crippen LogP contribution is 2.44. The van der Waals surface area contributed by atoms with Gasteiger partial charge in [0.15, 0.2) is 17.5 Å². The van der Waals surface area contributed by atoms with Crippen LogP contribution in [-0.2, 0) is 4.79 Å². The zero-order valence-corrected chi connectivity index (χ0v) is 14.2. The predicted molar refractivity (Wildman–Crippen MR) is 91.8 cm³/mol. The molecule has 138 valence electrons. The Bertz CT molecular complexity index is 728. The van der Waals surface area contributed by atoms with Crippen molar-refractivity contribution in [2.75, 3.05) is 0 Å². The van der Waals surface area contributed by atoms with Crippen LogP contribution >= 0.6 is 0 Å². The molecule has 1 aromatic carbocycles. The molecular weight excluding hydrogens is 325 g/mol. The molecule has 3 unspecified atom stereocenters. The number of hydrogen-bond donors (Lipinski definition) is 0. The molecule has 0 radical (unpaired) electrons. The van der Waals surface area contributed by atoms with Gasteiger partial charge in [-0.05, 0) is 86.3 Å². The van der Waals surface area contributed by atoms with Crippen LogP contribution in [0.25, 0.3) is 0 Å². The Kier molecular flexibility index (Phi) is 4.63. The van der Waals surface area contributed by atoms with Crippen molar-refractivity contribution < 1.29 is 23.4 Å². The summed E-state index contributed by atoms with van der Waals surface area (Å²) in [6, 6.07) is 2.11. The van der Waals surface area contributed by atoms with Crippen molar-refractivity contribution in [1.29, 1.82) is 0 Å². The van der Waals surface area contributed by atoms with Gasteiger partial charge in [-0.3, -0.25) is 0 Å². The van der Waals surface area contributed by atoms with E-state index >= 15 is 0 Å². The largest absolute Gasteiger partial charge is 0.303 e. The number of benzene rings is 1. The minimum absolute atomic E-state index is 0.0803. The van der Waals surface area contributed by atoms with Crippen LogP contribution in [0.3, 0.4) is 0 Å². The third-order valence-electron chi connectivity index (χ3n) is 5.70. The van der Waals surface area contributed by atoms with E-state index in [-0.39, 0.29) is 30.6 Å². The molecule has 0 aliphatic heterocycles. The first-order valence-electron chi connectivity index (χ1n) is 11.2. The number of carbonyl (C=O) groups excluding carboxylic acids is 1. The first-order valence-corrected chi connectivity index (χ1v) is 9.11. The van der Waals surface area contributed by atoms with Crippen LogP contribution in [0.4, 0.5) is 13.2 Å². The number of halogens is 3. The van der Waals surface area contributed by atoms with Crippen LogP contribution in [0.2, 0.25) is 0 Å². The fourth-order valence-corrected chi connectivity index (χ4v) is 4.21. The van der Waals surface area contributed by atoms with Gasteiger partial charge < -0.3 is 4.79 Å². The topological polar surface area (TPSA) is 17.1 Å². The van der Waals surface area contributed by atoms with Gasteiger partial charge in [-0.1, -0.05) is 12.8 Å². The van der Waals surface area contributed by atoms with Gasteiger partial charge in [-0.15, -0.1) is 0 Å². The summed E-state index contributed by atoms with van der Waals surface area (Å²) in [6.07, 6.45) is 1.52. The van der Waals surface area contributed by atoms with Crippen LogP contribution in [0, 0.1) is 35.2 Å². The Morgan fingerprint density at radius 3 is 2.32 bits per heavy atom. The number of aldehydes is 1. The smallest absolute Gasteiger partial charge is 0.194 e. The lowest BCUT2D eigenvalue weighted by Crippen LogP contribution is -2.25. The molecule has 0 spiro atoms. The molecule has 2 aliphatic rings. The van der Waals surface area contributed by atoms with E-state index in [1.54, 1.807) is 0 Å². The summed E-state index contributed by atoms with van der Waals surface area (Å²) in [7, 11) is 0. The predicted octanol–water partition coefficient (Wildman–Crippen LogP) is 6.16. The zero-order valence-electron chi connectivity index (χ0n) is 18.2. The van der Waals surface area contributed by atoms with E-state index in [1.165, 1.54) is 0 Å². The molecule has 4 heteroatoms. The molecule has 1 nitrogen and oxygen atoms in total. The molecule has 0 N–H and O–H groups in total. The summed E-state index contributed by atoms with van der Waals surface area (Å²) in [4.78, 5) is 10.7. The van der Waals surface area contributed by atoms with Crippen molar-refractivity contribution in [2.24, 2.45) is 17.7 Å². The van der Waals surface area contributed by atoms with Crippen molar-refractivity contribution >= 4 is 6.29 Å². The summed E-state index contributed by atoms with van der Waals surface area (Å²) in [6.45, 7) is 0. The molecule has 0 aromatic heterocycles. The average molecular weight is 356 g/mol. The molecule has 1 aromatic rings. The Balaban J connectivity index is 1.66. The second-order valence-corrected chi connectivity index (χ2v) is 7.23.